The largest absolute Gasteiger partial charge is 0.465 e. The van der Waals surface area contributed by atoms with Crippen LogP contribution in [0.3, 0.4) is 0 Å². The van der Waals surface area contributed by atoms with Gasteiger partial charge in [0.15, 0.2) is 0 Å². The van der Waals surface area contributed by atoms with Crippen molar-refractivity contribution in [1.29, 1.82) is 0 Å². The smallest absolute Gasteiger partial charge is 0.337 e. The number of pyridine rings is 1. The van der Waals surface area contributed by atoms with Crippen LogP contribution < -0.4 is 10.2 Å². The fraction of sp³-hybridized carbons (Fsp3) is 0.174. The summed E-state index contributed by atoms with van der Waals surface area (Å²) in [5.41, 5.74) is 3.38. The Labute approximate surface area is 170 Å². The van der Waals surface area contributed by atoms with Crippen molar-refractivity contribution in [2.24, 2.45) is 0 Å². The molecule has 29 heavy (non-hydrogen) atoms. The van der Waals surface area contributed by atoms with Gasteiger partial charge in [0.25, 0.3) is 5.91 Å². The van der Waals surface area contributed by atoms with Gasteiger partial charge in [-0.25, -0.2) is 4.79 Å². The highest BCUT2D eigenvalue weighted by Gasteiger charge is 2.12. The average Bonchev–Trinajstić information content (AvgIpc) is 2.77. The van der Waals surface area contributed by atoms with Crippen LogP contribution in [0.4, 0.5) is 11.4 Å². The van der Waals surface area contributed by atoms with Crippen LogP contribution in [0.1, 0.15) is 33.2 Å². The number of esters is 1. The number of benzene rings is 2. The van der Waals surface area contributed by atoms with Gasteiger partial charge in [-0.05, 0) is 36.8 Å². The molecule has 0 saturated carbocycles. The number of nitrogens with one attached hydrogen (secondary N) is 1. The summed E-state index contributed by atoms with van der Waals surface area (Å²) in [5, 5.41) is 2.81. The van der Waals surface area contributed by atoms with E-state index in [4.69, 9.17) is 4.74 Å². The second-order valence-electron chi connectivity index (χ2n) is 6.46. The van der Waals surface area contributed by atoms with Crippen molar-refractivity contribution in [2.45, 2.75) is 13.5 Å². The summed E-state index contributed by atoms with van der Waals surface area (Å²) >= 11 is 0. The highest BCUT2D eigenvalue weighted by atomic mass is 16.5. The van der Waals surface area contributed by atoms with Crippen LogP contribution in [-0.4, -0.2) is 30.5 Å². The molecule has 6 nitrogen and oxygen atoms in total. The van der Waals surface area contributed by atoms with Gasteiger partial charge in [-0.15, -0.1) is 0 Å². The minimum Gasteiger partial charge on any atom is -0.465 e. The lowest BCUT2D eigenvalue weighted by atomic mass is 10.1. The van der Waals surface area contributed by atoms with Gasteiger partial charge in [0, 0.05) is 25.0 Å². The first kappa shape index (κ1) is 20.1. The Kier molecular flexibility index (Phi) is 6.58. The number of rotatable bonds is 7. The normalized spacial score (nSPS) is 10.3. The van der Waals surface area contributed by atoms with E-state index < -0.39 is 5.97 Å². The van der Waals surface area contributed by atoms with Crippen molar-refractivity contribution in [3.8, 4) is 0 Å². The Morgan fingerprint density at radius 2 is 1.79 bits per heavy atom. The number of hydrogen-bond acceptors (Lipinski definition) is 5. The summed E-state index contributed by atoms with van der Waals surface area (Å²) < 4.78 is 4.72. The van der Waals surface area contributed by atoms with Gasteiger partial charge in [0.2, 0.25) is 0 Å². The van der Waals surface area contributed by atoms with E-state index in [0.29, 0.717) is 16.8 Å². The van der Waals surface area contributed by atoms with Crippen LogP contribution in [0.15, 0.2) is 73.1 Å². The van der Waals surface area contributed by atoms with Crippen molar-refractivity contribution < 1.29 is 14.3 Å². The summed E-state index contributed by atoms with van der Waals surface area (Å²) in [6.45, 7) is 3.57. The molecule has 0 bridgehead atoms. The van der Waals surface area contributed by atoms with Gasteiger partial charge < -0.3 is 15.0 Å². The van der Waals surface area contributed by atoms with E-state index in [0.717, 1.165) is 18.8 Å². The zero-order valence-corrected chi connectivity index (χ0v) is 16.5. The number of ether oxygens (including phenoxy) is 1. The predicted octanol–water partition coefficient (Wildman–Crippen LogP) is 4.15. The molecule has 1 heterocycles. The Morgan fingerprint density at radius 3 is 2.52 bits per heavy atom. The molecule has 148 valence electrons. The Morgan fingerprint density at radius 1 is 1.00 bits per heavy atom. The summed E-state index contributed by atoms with van der Waals surface area (Å²) in [5.74, 6) is -0.749. The predicted molar refractivity (Wildman–Crippen MR) is 113 cm³/mol. The fourth-order valence-corrected chi connectivity index (χ4v) is 2.96. The minimum atomic E-state index is -0.454. The van der Waals surface area contributed by atoms with E-state index in [9.17, 15) is 9.59 Å². The van der Waals surface area contributed by atoms with Crippen LogP contribution >= 0.6 is 0 Å². The second kappa shape index (κ2) is 9.50. The number of carbonyl (C=O) groups excluding carboxylic acids is 2. The highest BCUT2D eigenvalue weighted by Crippen LogP contribution is 2.19. The molecular formula is C23H23N3O3. The second-order valence-corrected chi connectivity index (χ2v) is 6.46. The Hall–Kier alpha value is -3.67. The Bertz CT molecular complexity index is 989. The van der Waals surface area contributed by atoms with Crippen molar-refractivity contribution >= 4 is 23.3 Å². The third-order valence-corrected chi connectivity index (χ3v) is 4.49. The summed E-state index contributed by atoms with van der Waals surface area (Å²) in [7, 11) is 1.32. The van der Waals surface area contributed by atoms with E-state index in [-0.39, 0.29) is 5.91 Å². The maximum absolute atomic E-state index is 12.7. The molecule has 0 aliphatic rings. The number of nitrogens with zero attached hydrogens (tertiary/aromatic N) is 2. The van der Waals surface area contributed by atoms with E-state index in [2.05, 4.69) is 34.3 Å². The molecule has 0 spiro atoms. The van der Waals surface area contributed by atoms with Gasteiger partial charge in [-0.2, -0.15) is 0 Å². The average molecular weight is 389 g/mol. The molecule has 0 fully saturated rings. The fourth-order valence-electron chi connectivity index (χ4n) is 2.96. The van der Waals surface area contributed by atoms with Crippen LogP contribution in [0.2, 0.25) is 0 Å². The summed E-state index contributed by atoms with van der Waals surface area (Å²) in [6, 6.07) is 18.6. The molecule has 3 rings (SSSR count). The highest BCUT2D eigenvalue weighted by molar-refractivity contribution is 6.05. The van der Waals surface area contributed by atoms with E-state index in [1.54, 1.807) is 30.5 Å². The number of hydrogen-bond donors (Lipinski definition) is 1. The monoisotopic (exact) mass is 389 g/mol. The van der Waals surface area contributed by atoms with Gasteiger partial charge in [0.05, 0.1) is 30.1 Å². The number of carbonyl (C=O) groups is 2. The zero-order valence-electron chi connectivity index (χ0n) is 16.5. The van der Waals surface area contributed by atoms with Gasteiger partial charge >= 0.3 is 5.97 Å². The SMILES string of the molecule is CCN(Cc1ccccc1)c1cncc(C(=O)Nc2cccc(C(=O)OC)c2)c1. The third kappa shape index (κ3) is 5.19. The first-order chi connectivity index (χ1) is 14.1. The summed E-state index contributed by atoms with van der Waals surface area (Å²) in [4.78, 5) is 30.8. The van der Waals surface area contributed by atoms with Crippen molar-refractivity contribution in [1.82, 2.24) is 4.98 Å². The first-order valence-corrected chi connectivity index (χ1v) is 9.34. The molecule has 0 unspecified atom stereocenters. The first-order valence-electron chi connectivity index (χ1n) is 9.34. The number of methoxy groups -OCH3 is 1. The molecule has 1 aromatic heterocycles. The molecule has 0 atom stereocenters. The molecule has 2 aromatic carbocycles. The van der Waals surface area contributed by atoms with Gasteiger partial charge in [-0.1, -0.05) is 36.4 Å². The topological polar surface area (TPSA) is 71.5 Å². The van der Waals surface area contributed by atoms with E-state index in [1.807, 2.05) is 24.3 Å². The van der Waals surface area contributed by atoms with Gasteiger partial charge in [-0.3, -0.25) is 9.78 Å². The van der Waals surface area contributed by atoms with Crippen LogP contribution in [0.25, 0.3) is 0 Å². The van der Waals surface area contributed by atoms with Crippen LogP contribution in [-0.2, 0) is 11.3 Å². The summed E-state index contributed by atoms with van der Waals surface area (Å²) in [6.07, 6.45) is 3.28. The molecule has 3 aromatic rings. The molecule has 6 heteroatoms. The third-order valence-electron chi connectivity index (χ3n) is 4.49. The lowest BCUT2D eigenvalue weighted by Crippen LogP contribution is -2.23. The van der Waals surface area contributed by atoms with E-state index >= 15 is 0 Å². The minimum absolute atomic E-state index is 0.294. The molecule has 0 aliphatic carbocycles. The lowest BCUT2D eigenvalue weighted by Gasteiger charge is -2.23. The standard InChI is InChI=1S/C23H23N3O3/c1-3-26(16-17-8-5-4-6-9-17)21-13-19(14-24-15-21)22(27)25-20-11-7-10-18(12-20)23(28)29-2/h4-15H,3,16H2,1-2H3,(H,25,27). The quantitative estimate of drug-likeness (QED) is 0.615. The van der Waals surface area contributed by atoms with Crippen molar-refractivity contribution in [3.05, 3.63) is 89.7 Å². The maximum atomic E-state index is 12.7. The molecule has 1 amide bonds. The van der Waals surface area contributed by atoms with Crippen molar-refractivity contribution in [2.75, 3.05) is 23.9 Å². The lowest BCUT2D eigenvalue weighted by molar-refractivity contribution is 0.0600. The molecular weight excluding hydrogens is 366 g/mol. The van der Waals surface area contributed by atoms with Crippen LogP contribution in [0.5, 0.6) is 0 Å². The maximum Gasteiger partial charge on any atom is 0.337 e. The molecule has 0 saturated heterocycles. The van der Waals surface area contributed by atoms with Gasteiger partial charge in [0.1, 0.15) is 0 Å². The molecule has 1 N–H and O–H groups in total. The molecule has 0 aliphatic heterocycles. The van der Waals surface area contributed by atoms with Crippen LogP contribution in [0, 0.1) is 0 Å². The number of aromatic nitrogens is 1. The number of anilines is 2. The molecule has 0 radical (unpaired) electrons. The Balaban J connectivity index is 1.76. The van der Waals surface area contributed by atoms with Crippen molar-refractivity contribution in [3.63, 3.8) is 0 Å². The zero-order chi connectivity index (χ0) is 20.6. The van der Waals surface area contributed by atoms with E-state index in [1.165, 1.54) is 18.9 Å². The number of amides is 1.